The Morgan fingerprint density at radius 2 is 1.83 bits per heavy atom. The summed E-state index contributed by atoms with van der Waals surface area (Å²) in [6.45, 7) is 2.01. The summed E-state index contributed by atoms with van der Waals surface area (Å²) < 4.78 is 5.83. The quantitative estimate of drug-likeness (QED) is 0.874. The molecule has 1 aliphatic rings. The van der Waals surface area contributed by atoms with Crippen LogP contribution in [-0.2, 0) is 6.42 Å². The number of benzene rings is 2. The van der Waals surface area contributed by atoms with Gasteiger partial charge < -0.3 is 9.84 Å². The van der Waals surface area contributed by atoms with Crippen LogP contribution in [0.4, 0.5) is 0 Å². The lowest BCUT2D eigenvalue weighted by molar-refractivity contribution is 0.0488. The van der Waals surface area contributed by atoms with Crippen molar-refractivity contribution < 1.29 is 9.84 Å². The molecule has 1 aliphatic heterocycles. The van der Waals surface area contributed by atoms with Crippen molar-refractivity contribution in [3.63, 3.8) is 0 Å². The molecule has 2 aromatic rings. The van der Waals surface area contributed by atoms with E-state index in [1.807, 2.05) is 49.4 Å². The van der Waals surface area contributed by atoms with Gasteiger partial charge in [-0.3, -0.25) is 0 Å². The van der Waals surface area contributed by atoms with Crippen LogP contribution in [0.2, 0.25) is 0 Å². The second-order valence-corrected chi connectivity index (χ2v) is 4.77. The van der Waals surface area contributed by atoms with Crippen molar-refractivity contribution >= 4 is 0 Å². The van der Waals surface area contributed by atoms with Crippen molar-refractivity contribution in [2.75, 3.05) is 0 Å². The number of para-hydroxylation sites is 1. The molecule has 0 fully saturated rings. The third-order valence-electron chi connectivity index (χ3n) is 3.53. The first-order valence-corrected chi connectivity index (χ1v) is 6.24. The van der Waals surface area contributed by atoms with Gasteiger partial charge >= 0.3 is 0 Å². The van der Waals surface area contributed by atoms with Crippen LogP contribution >= 0.6 is 0 Å². The Labute approximate surface area is 107 Å². The summed E-state index contributed by atoms with van der Waals surface area (Å²) in [7, 11) is 0. The molecule has 0 spiro atoms. The number of fused-ring (bicyclic) bond motifs is 1. The summed E-state index contributed by atoms with van der Waals surface area (Å²) in [5.41, 5.74) is 3.23. The molecule has 2 atom stereocenters. The molecule has 2 nitrogen and oxygen atoms in total. The summed E-state index contributed by atoms with van der Waals surface area (Å²) in [5, 5.41) is 10.4. The molecule has 0 bridgehead atoms. The van der Waals surface area contributed by atoms with Crippen LogP contribution in [0.25, 0.3) is 0 Å². The van der Waals surface area contributed by atoms with E-state index in [9.17, 15) is 5.11 Å². The van der Waals surface area contributed by atoms with Crippen molar-refractivity contribution in [1.29, 1.82) is 0 Å². The van der Waals surface area contributed by atoms with E-state index in [2.05, 4.69) is 6.07 Å². The normalized spacial score (nSPS) is 19.1. The van der Waals surface area contributed by atoms with Gasteiger partial charge in [-0.05, 0) is 29.7 Å². The largest absolute Gasteiger partial charge is 0.487 e. The van der Waals surface area contributed by atoms with Gasteiger partial charge in [-0.15, -0.1) is 0 Å². The number of hydrogen-bond donors (Lipinski definition) is 1. The molecule has 18 heavy (non-hydrogen) atoms. The van der Waals surface area contributed by atoms with E-state index in [1.165, 1.54) is 5.56 Å². The monoisotopic (exact) mass is 240 g/mol. The molecule has 92 valence electrons. The highest BCUT2D eigenvalue weighted by Gasteiger charge is 2.30. The number of aliphatic hydroxyl groups excluding tert-OH is 1. The zero-order valence-electron chi connectivity index (χ0n) is 10.3. The maximum absolute atomic E-state index is 10.4. The van der Waals surface area contributed by atoms with E-state index < -0.39 is 6.10 Å². The number of hydrogen-bond acceptors (Lipinski definition) is 2. The lowest BCUT2D eigenvalue weighted by atomic mass is 9.97. The van der Waals surface area contributed by atoms with Crippen LogP contribution in [0.3, 0.4) is 0 Å². The number of ether oxygens (including phenoxy) is 1. The van der Waals surface area contributed by atoms with Crippen molar-refractivity contribution in [2.45, 2.75) is 25.6 Å². The topological polar surface area (TPSA) is 29.5 Å². The van der Waals surface area contributed by atoms with E-state index in [-0.39, 0.29) is 6.10 Å². The van der Waals surface area contributed by atoms with E-state index in [4.69, 9.17) is 4.74 Å². The fourth-order valence-electron chi connectivity index (χ4n) is 2.50. The molecule has 2 unspecified atom stereocenters. The van der Waals surface area contributed by atoms with Gasteiger partial charge in [0.1, 0.15) is 18.0 Å². The lowest BCUT2D eigenvalue weighted by Gasteiger charge is -2.20. The minimum absolute atomic E-state index is 0.177. The van der Waals surface area contributed by atoms with Gasteiger partial charge in [-0.25, -0.2) is 0 Å². The minimum atomic E-state index is -0.571. The second-order valence-electron chi connectivity index (χ2n) is 4.77. The Morgan fingerprint density at radius 3 is 2.61 bits per heavy atom. The average Bonchev–Trinajstić information content (AvgIpc) is 2.82. The molecular weight excluding hydrogens is 224 g/mol. The van der Waals surface area contributed by atoms with Gasteiger partial charge in [-0.1, -0.05) is 42.5 Å². The maximum atomic E-state index is 10.4. The molecular formula is C16H16O2. The van der Waals surface area contributed by atoms with E-state index in [1.54, 1.807) is 0 Å². The maximum Gasteiger partial charge on any atom is 0.133 e. The molecule has 2 aromatic carbocycles. The van der Waals surface area contributed by atoms with Crippen LogP contribution in [0.15, 0.2) is 48.5 Å². The van der Waals surface area contributed by atoms with Crippen LogP contribution in [0.1, 0.15) is 22.8 Å². The first kappa shape index (κ1) is 11.3. The molecule has 1 N–H and O–H groups in total. The van der Waals surface area contributed by atoms with E-state index in [0.717, 1.165) is 23.3 Å². The zero-order valence-corrected chi connectivity index (χ0v) is 10.3. The van der Waals surface area contributed by atoms with Crippen molar-refractivity contribution in [1.82, 2.24) is 0 Å². The fourth-order valence-corrected chi connectivity index (χ4v) is 2.50. The summed E-state index contributed by atoms with van der Waals surface area (Å²) in [4.78, 5) is 0. The molecule has 0 aliphatic carbocycles. The molecule has 0 aromatic heterocycles. The van der Waals surface area contributed by atoms with Gasteiger partial charge in [0.2, 0.25) is 0 Å². The number of rotatable bonds is 2. The second kappa shape index (κ2) is 4.46. The molecule has 3 rings (SSSR count). The number of aliphatic hydroxyl groups is 1. The van der Waals surface area contributed by atoms with Crippen LogP contribution in [-0.4, -0.2) is 11.2 Å². The Hall–Kier alpha value is -1.80. The predicted octanol–water partition coefficient (Wildman–Crippen LogP) is 3.03. The molecule has 0 saturated heterocycles. The minimum Gasteiger partial charge on any atom is -0.487 e. The predicted molar refractivity (Wildman–Crippen MR) is 70.7 cm³/mol. The van der Waals surface area contributed by atoms with Crippen molar-refractivity contribution in [2.24, 2.45) is 0 Å². The summed E-state index contributed by atoms with van der Waals surface area (Å²) in [5.74, 6) is 0.898. The summed E-state index contributed by atoms with van der Waals surface area (Å²) in [6.07, 6.45) is 0.0215. The standard InChI is InChI=1S/C16H16O2/c1-11-6-2-4-8-13(11)16(17)15-10-12-7-3-5-9-14(12)18-15/h2-9,15-17H,10H2,1H3. The van der Waals surface area contributed by atoms with Gasteiger partial charge in [-0.2, -0.15) is 0 Å². The fraction of sp³-hybridized carbons (Fsp3) is 0.250. The molecule has 2 heteroatoms. The highest BCUT2D eigenvalue weighted by molar-refractivity contribution is 5.39. The first-order valence-electron chi connectivity index (χ1n) is 6.24. The molecule has 0 saturated carbocycles. The highest BCUT2D eigenvalue weighted by atomic mass is 16.5. The van der Waals surface area contributed by atoms with Crippen LogP contribution in [0, 0.1) is 6.92 Å². The van der Waals surface area contributed by atoms with Crippen molar-refractivity contribution in [3.05, 3.63) is 65.2 Å². The molecule has 1 heterocycles. The third-order valence-corrected chi connectivity index (χ3v) is 3.53. The lowest BCUT2D eigenvalue weighted by Crippen LogP contribution is -2.23. The first-order chi connectivity index (χ1) is 8.75. The van der Waals surface area contributed by atoms with Crippen LogP contribution < -0.4 is 4.74 Å². The van der Waals surface area contributed by atoms with Crippen LogP contribution in [0.5, 0.6) is 5.75 Å². The van der Waals surface area contributed by atoms with E-state index in [0.29, 0.717) is 0 Å². The summed E-state index contributed by atoms with van der Waals surface area (Å²) in [6, 6.07) is 15.9. The van der Waals surface area contributed by atoms with Gasteiger partial charge in [0.25, 0.3) is 0 Å². The number of aryl methyl sites for hydroxylation is 1. The Morgan fingerprint density at radius 1 is 1.11 bits per heavy atom. The Balaban J connectivity index is 1.85. The highest BCUT2D eigenvalue weighted by Crippen LogP contribution is 2.34. The van der Waals surface area contributed by atoms with Gasteiger partial charge in [0.05, 0.1) is 0 Å². The zero-order chi connectivity index (χ0) is 12.5. The third kappa shape index (κ3) is 1.89. The molecule has 0 amide bonds. The SMILES string of the molecule is Cc1ccccc1C(O)C1Cc2ccccc2O1. The smallest absolute Gasteiger partial charge is 0.133 e. The Kier molecular flexibility index (Phi) is 2.80. The van der Waals surface area contributed by atoms with E-state index >= 15 is 0 Å². The molecule has 0 radical (unpaired) electrons. The van der Waals surface area contributed by atoms with Gasteiger partial charge in [0.15, 0.2) is 0 Å². The van der Waals surface area contributed by atoms with Gasteiger partial charge in [0, 0.05) is 6.42 Å². The average molecular weight is 240 g/mol. The summed E-state index contributed by atoms with van der Waals surface area (Å²) >= 11 is 0. The van der Waals surface area contributed by atoms with Crippen molar-refractivity contribution in [3.8, 4) is 5.75 Å². The Bertz CT molecular complexity index is 538.